The van der Waals surface area contributed by atoms with Crippen LogP contribution in [0.1, 0.15) is 24.1 Å². The van der Waals surface area contributed by atoms with Crippen LogP contribution in [0, 0.1) is 6.42 Å². The van der Waals surface area contributed by atoms with Gasteiger partial charge in [0.25, 0.3) is 0 Å². The summed E-state index contributed by atoms with van der Waals surface area (Å²) in [5.74, 6) is 0. The molecule has 83 valence electrons. The number of para-hydroxylation sites is 1. The fourth-order valence-corrected chi connectivity index (χ4v) is 2.19. The molecular weight excluding hydrogens is 320 g/mol. The summed E-state index contributed by atoms with van der Waals surface area (Å²) >= 11 is 0. The summed E-state index contributed by atoms with van der Waals surface area (Å²) in [6.07, 6.45) is 6.07. The largest absolute Gasteiger partial charge is 3.00 e. The van der Waals surface area contributed by atoms with Gasteiger partial charge in [-0.15, -0.1) is 12.1 Å². The van der Waals surface area contributed by atoms with Crippen molar-refractivity contribution in [3.8, 4) is 0 Å². The Morgan fingerprint density at radius 1 is 1.12 bits per heavy atom. The number of halogens is 2. The number of benzene rings is 1. The molecule has 16 heavy (non-hydrogen) atoms. The molecule has 0 amide bonds. The van der Waals surface area contributed by atoms with Gasteiger partial charge in [0.05, 0.1) is 0 Å². The zero-order valence-corrected chi connectivity index (χ0v) is 12.7. The van der Waals surface area contributed by atoms with Crippen molar-refractivity contribution in [1.29, 1.82) is 0 Å². The zero-order chi connectivity index (χ0) is 8.67. The van der Waals surface area contributed by atoms with Crippen LogP contribution in [0.4, 0.5) is 0 Å². The Balaban J connectivity index is 0.000000750. The van der Waals surface area contributed by atoms with Crippen molar-refractivity contribution in [3.05, 3.63) is 41.9 Å². The summed E-state index contributed by atoms with van der Waals surface area (Å²) in [4.78, 5) is 3.46. The van der Waals surface area contributed by atoms with E-state index in [4.69, 9.17) is 0 Å². The Kier molecular flexibility index (Phi) is 6.78. The van der Waals surface area contributed by atoms with E-state index in [9.17, 15) is 0 Å². The van der Waals surface area contributed by atoms with Gasteiger partial charge < -0.3 is 29.8 Å². The zero-order valence-electron chi connectivity index (χ0n) is 8.76. The summed E-state index contributed by atoms with van der Waals surface area (Å²) in [5.41, 5.74) is 4.15. The monoisotopic (exact) mass is 330 g/mol. The molecule has 0 saturated heterocycles. The van der Waals surface area contributed by atoms with E-state index in [1.165, 1.54) is 41.4 Å². The Morgan fingerprint density at radius 3 is 2.69 bits per heavy atom. The molecule has 0 aliphatic heterocycles. The predicted octanol–water partition coefficient (Wildman–Crippen LogP) is -2.94. The Morgan fingerprint density at radius 2 is 1.88 bits per heavy atom. The molecule has 1 heterocycles. The molecule has 0 atom stereocenters. The van der Waals surface area contributed by atoms with Crippen molar-refractivity contribution in [2.75, 3.05) is 0 Å². The normalized spacial score (nSPS) is 12.5. The van der Waals surface area contributed by atoms with Gasteiger partial charge in [0.15, 0.2) is 0 Å². The van der Waals surface area contributed by atoms with E-state index < -0.39 is 0 Å². The molecule has 0 bridgehead atoms. The van der Waals surface area contributed by atoms with Gasteiger partial charge in [-0.05, 0) is 6.07 Å². The second kappa shape index (κ2) is 6.74. The third-order valence-corrected chi connectivity index (χ3v) is 2.83. The van der Waals surface area contributed by atoms with Crippen molar-refractivity contribution in [3.63, 3.8) is 0 Å². The van der Waals surface area contributed by atoms with Crippen LogP contribution in [0.2, 0.25) is 0 Å². The summed E-state index contributed by atoms with van der Waals surface area (Å²) in [6.45, 7) is 0. The minimum absolute atomic E-state index is 0. The van der Waals surface area contributed by atoms with E-state index in [1.807, 2.05) is 0 Å². The molecule has 1 nitrogen and oxygen atoms in total. The number of H-pyrrole nitrogens is 1. The average Bonchev–Trinajstić information content (AvgIpc) is 2.56. The van der Waals surface area contributed by atoms with E-state index in [0.29, 0.717) is 0 Å². The number of aromatic amines is 1. The van der Waals surface area contributed by atoms with Crippen molar-refractivity contribution in [2.24, 2.45) is 0 Å². The third-order valence-electron chi connectivity index (χ3n) is 2.83. The van der Waals surface area contributed by atoms with E-state index in [-0.39, 0.29) is 51.0 Å². The molecule has 1 aromatic heterocycles. The van der Waals surface area contributed by atoms with Gasteiger partial charge in [-0.25, -0.2) is 6.42 Å². The van der Waals surface area contributed by atoms with Crippen LogP contribution >= 0.6 is 0 Å². The summed E-state index contributed by atoms with van der Waals surface area (Å²) in [7, 11) is 0. The second-order valence-electron chi connectivity index (χ2n) is 3.66. The predicted molar refractivity (Wildman–Crippen MR) is 54.6 cm³/mol. The molecule has 0 spiro atoms. The summed E-state index contributed by atoms with van der Waals surface area (Å²) < 4.78 is 0. The van der Waals surface area contributed by atoms with Gasteiger partial charge in [0.2, 0.25) is 0 Å². The Labute approximate surface area is 127 Å². The van der Waals surface area contributed by atoms with Gasteiger partial charge in [-0.2, -0.15) is 5.56 Å². The molecular formula is C12H12Cl2NZr. The topological polar surface area (TPSA) is 15.8 Å². The van der Waals surface area contributed by atoms with Gasteiger partial charge in [0.1, 0.15) is 0 Å². The summed E-state index contributed by atoms with van der Waals surface area (Å²) in [5, 5.41) is 1.41. The first kappa shape index (κ1) is 16.1. The van der Waals surface area contributed by atoms with Crippen LogP contribution in [0.15, 0.2) is 24.3 Å². The quantitative estimate of drug-likeness (QED) is 0.497. The number of hydrogen-bond acceptors (Lipinski definition) is 0. The first-order valence-electron chi connectivity index (χ1n) is 4.88. The molecule has 3 rings (SSSR count). The van der Waals surface area contributed by atoms with Crippen molar-refractivity contribution in [2.45, 2.75) is 19.3 Å². The molecule has 0 saturated carbocycles. The first-order valence-corrected chi connectivity index (χ1v) is 4.88. The van der Waals surface area contributed by atoms with Crippen LogP contribution in [0.25, 0.3) is 10.9 Å². The van der Waals surface area contributed by atoms with Gasteiger partial charge in [-0.3, -0.25) is 0 Å². The molecule has 0 unspecified atom stereocenters. The third kappa shape index (κ3) is 2.67. The Bertz CT molecular complexity index is 453. The molecule has 2 aromatic rings. The maximum absolute atomic E-state index is 3.46. The number of fused-ring (bicyclic) bond motifs is 3. The van der Waals surface area contributed by atoms with Crippen LogP contribution < -0.4 is 24.8 Å². The Hall–Kier alpha value is 0.0931. The number of hydrogen-bond donors (Lipinski definition) is 1. The van der Waals surface area contributed by atoms with Crippen molar-refractivity contribution >= 4 is 10.9 Å². The van der Waals surface area contributed by atoms with Crippen LogP contribution in [0.3, 0.4) is 0 Å². The molecule has 1 aliphatic rings. The SMILES string of the molecule is [Cl-].[Cl-].[Zr+3].c1ccc2c3c([nH]c2c1)[CH-]CCC3. The molecule has 1 N–H and O–H groups in total. The fraction of sp³-hybridized carbons (Fsp3) is 0.250. The summed E-state index contributed by atoms with van der Waals surface area (Å²) in [6, 6.07) is 8.57. The van der Waals surface area contributed by atoms with Gasteiger partial charge >= 0.3 is 26.2 Å². The number of aryl methyl sites for hydroxylation is 1. The number of rotatable bonds is 0. The smallest absolute Gasteiger partial charge is 1.00 e. The molecule has 1 radical (unpaired) electrons. The minimum Gasteiger partial charge on any atom is -1.00 e. The first-order chi connectivity index (χ1) is 6.45. The van der Waals surface area contributed by atoms with Crippen LogP contribution in [0.5, 0.6) is 0 Å². The van der Waals surface area contributed by atoms with Crippen LogP contribution in [-0.2, 0) is 32.6 Å². The standard InChI is InChI=1S/C12H12N.2ClH.Zr/c1-3-7-11-9(5-1)10-6-2-4-8-12(10)13-11;;;/h1,3,5,7-8,13H,2,4,6H2;2*1H;/q-1;;;+3/p-2. The fourth-order valence-electron chi connectivity index (χ4n) is 2.19. The van der Waals surface area contributed by atoms with E-state index in [2.05, 4.69) is 35.7 Å². The van der Waals surface area contributed by atoms with Gasteiger partial charge in [0, 0.05) is 5.52 Å². The van der Waals surface area contributed by atoms with Crippen LogP contribution in [-0.4, -0.2) is 4.98 Å². The number of aromatic nitrogens is 1. The second-order valence-corrected chi connectivity index (χ2v) is 3.66. The molecule has 1 aliphatic carbocycles. The van der Waals surface area contributed by atoms with Crippen molar-refractivity contribution < 1.29 is 51.0 Å². The van der Waals surface area contributed by atoms with E-state index >= 15 is 0 Å². The number of nitrogens with one attached hydrogen (secondary N) is 1. The van der Waals surface area contributed by atoms with E-state index in [1.54, 1.807) is 0 Å². The van der Waals surface area contributed by atoms with E-state index in [0.717, 1.165) is 0 Å². The molecule has 1 aromatic carbocycles. The maximum Gasteiger partial charge on any atom is 3.00 e. The molecule has 4 heteroatoms. The minimum atomic E-state index is 0. The maximum atomic E-state index is 3.46. The molecule has 0 fully saturated rings. The average molecular weight is 332 g/mol. The van der Waals surface area contributed by atoms with Gasteiger partial charge in [-0.1, -0.05) is 36.4 Å². The van der Waals surface area contributed by atoms with Crippen molar-refractivity contribution in [1.82, 2.24) is 4.98 Å².